The number of aromatic nitrogens is 1. The molecule has 0 atom stereocenters. The molecule has 6 heteroatoms. The first-order valence-electron chi connectivity index (χ1n) is 7.20. The number of nitrogens with zero attached hydrogens (tertiary/aromatic N) is 3. The lowest BCUT2D eigenvalue weighted by Gasteiger charge is -2.22. The van der Waals surface area contributed by atoms with Crippen LogP contribution in [0.1, 0.15) is 24.0 Å². The highest BCUT2D eigenvalue weighted by Gasteiger charge is 2.31. The number of nitro groups is 1. The first kappa shape index (κ1) is 14.6. The monoisotopic (exact) mass is 301 g/mol. The average Bonchev–Trinajstić information content (AvgIpc) is 3.34. The fraction of sp³-hybridized carbons (Fsp3) is 0.312. The molecule has 0 bridgehead atoms. The number of pyridine rings is 1. The molecule has 0 N–H and O–H groups in total. The van der Waals surface area contributed by atoms with Crippen LogP contribution in [-0.4, -0.2) is 20.8 Å². The molecule has 5 nitrogen and oxygen atoms in total. The third kappa shape index (κ3) is 3.28. The van der Waals surface area contributed by atoms with E-state index < -0.39 is 10.7 Å². The summed E-state index contributed by atoms with van der Waals surface area (Å²) in [6.45, 7) is 0.884. The Kier molecular flexibility index (Phi) is 4.11. The normalized spacial score (nSPS) is 14.3. The molecule has 1 aromatic heterocycles. The SMILES string of the molecule is O=[N+]([O-])c1cccc(F)c1CN(Cc1ccncc1)C1CC1. The number of hydrogen-bond acceptors (Lipinski definition) is 4. The van der Waals surface area contributed by atoms with Crippen molar-refractivity contribution >= 4 is 5.69 Å². The summed E-state index contributed by atoms with van der Waals surface area (Å²) in [4.78, 5) is 16.7. The van der Waals surface area contributed by atoms with Crippen LogP contribution in [0.15, 0.2) is 42.7 Å². The highest BCUT2D eigenvalue weighted by Crippen LogP contribution is 2.32. The fourth-order valence-corrected chi connectivity index (χ4v) is 2.55. The van der Waals surface area contributed by atoms with E-state index in [-0.39, 0.29) is 17.8 Å². The van der Waals surface area contributed by atoms with E-state index in [1.54, 1.807) is 12.4 Å². The molecule has 1 aliphatic rings. The Hall–Kier alpha value is -2.34. The van der Waals surface area contributed by atoms with E-state index in [4.69, 9.17) is 0 Å². The Morgan fingerprint density at radius 3 is 2.59 bits per heavy atom. The Bertz CT molecular complexity index is 674. The smallest absolute Gasteiger partial charge is 0.276 e. The predicted octanol–water partition coefficient (Wildman–Crippen LogP) is 3.29. The highest BCUT2D eigenvalue weighted by atomic mass is 19.1. The molecule has 0 saturated heterocycles. The minimum absolute atomic E-state index is 0.152. The van der Waals surface area contributed by atoms with Gasteiger partial charge in [-0.25, -0.2) is 4.39 Å². The van der Waals surface area contributed by atoms with E-state index in [0.717, 1.165) is 18.4 Å². The minimum Gasteiger partial charge on any atom is -0.292 e. The second-order valence-electron chi connectivity index (χ2n) is 5.49. The lowest BCUT2D eigenvalue weighted by atomic mass is 10.1. The molecule has 114 valence electrons. The van der Waals surface area contributed by atoms with Crippen LogP contribution in [0.4, 0.5) is 10.1 Å². The van der Waals surface area contributed by atoms with Crippen molar-refractivity contribution in [1.82, 2.24) is 9.88 Å². The van der Waals surface area contributed by atoms with Gasteiger partial charge in [0.1, 0.15) is 5.82 Å². The maximum atomic E-state index is 14.1. The summed E-state index contributed by atoms with van der Waals surface area (Å²) < 4.78 is 14.1. The van der Waals surface area contributed by atoms with Gasteiger partial charge in [-0.05, 0) is 36.6 Å². The number of halogens is 1. The van der Waals surface area contributed by atoms with Gasteiger partial charge < -0.3 is 0 Å². The summed E-state index contributed by atoms with van der Waals surface area (Å²) in [6, 6.07) is 8.19. The van der Waals surface area contributed by atoms with Crippen LogP contribution in [0, 0.1) is 15.9 Å². The van der Waals surface area contributed by atoms with E-state index in [9.17, 15) is 14.5 Å². The number of nitro benzene ring substituents is 1. The van der Waals surface area contributed by atoms with Gasteiger partial charge in [0.15, 0.2) is 0 Å². The van der Waals surface area contributed by atoms with E-state index in [1.807, 2.05) is 12.1 Å². The van der Waals surface area contributed by atoms with E-state index in [2.05, 4.69) is 9.88 Å². The summed E-state index contributed by atoms with van der Waals surface area (Å²) in [5.41, 5.74) is 1.08. The van der Waals surface area contributed by atoms with Gasteiger partial charge in [0.05, 0.1) is 10.5 Å². The number of hydrogen-bond donors (Lipinski definition) is 0. The fourth-order valence-electron chi connectivity index (χ4n) is 2.55. The van der Waals surface area contributed by atoms with Crippen molar-refractivity contribution in [2.24, 2.45) is 0 Å². The van der Waals surface area contributed by atoms with Crippen molar-refractivity contribution in [1.29, 1.82) is 0 Å². The van der Waals surface area contributed by atoms with Crippen molar-refractivity contribution in [3.05, 3.63) is 69.8 Å². The molecule has 1 fully saturated rings. The van der Waals surface area contributed by atoms with Gasteiger partial charge in [0.25, 0.3) is 5.69 Å². The molecular weight excluding hydrogens is 285 g/mol. The van der Waals surface area contributed by atoms with Crippen molar-refractivity contribution in [3.8, 4) is 0 Å². The molecule has 0 radical (unpaired) electrons. The second-order valence-corrected chi connectivity index (χ2v) is 5.49. The summed E-state index contributed by atoms with van der Waals surface area (Å²) in [5.74, 6) is -0.519. The standard InChI is InChI=1S/C16H16FN3O2/c17-15-2-1-3-16(20(21)22)14(15)11-19(13-4-5-13)10-12-6-8-18-9-7-12/h1-3,6-9,13H,4-5,10-11H2. The van der Waals surface area contributed by atoms with Crippen LogP contribution >= 0.6 is 0 Å². The lowest BCUT2D eigenvalue weighted by Crippen LogP contribution is -2.26. The molecule has 0 aliphatic heterocycles. The van der Waals surface area contributed by atoms with Gasteiger partial charge >= 0.3 is 0 Å². The summed E-state index contributed by atoms with van der Waals surface area (Å²) >= 11 is 0. The minimum atomic E-state index is -0.519. The van der Waals surface area contributed by atoms with E-state index in [0.29, 0.717) is 12.6 Å². The Balaban J connectivity index is 1.84. The maximum absolute atomic E-state index is 14.1. The molecule has 1 aliphatic carbocycles. The van der Waals surface area contributed by atoms with Crippen LogP contribution in [0.25, 0.3) is 0 Å². The van der Waals surface area contributed by atoms with Crippen molar-refractivity contribution in [2.45, 2.75) is 32.0 Å². The highest BCUT2D eigenvalue weighted by molar-refractivity contribution is 5.41. The van der Waals surface area contributed by atoms with Crippen molar-refractivity contribution in [2.75, 3.05) is 0 Å². The van der Waals surface area contributed by atoms with Gasteiger partial charge in [-0.1, -0.05) is 6.07 Å². The third-order valence-corrected chi connectivity index (χ3v) is 3.85. The second kappa shape index (κ2) is 6.19. The number of benzene rings is 1. The summed E-state index contributed by atoms with van der Waals surface area (Å²) in [6.07, 6.45) is 5.53. The molecule has 22 heavy (non-hydrogen) atoms. The molecule has 1 aromatic carbocycles. The van der Waals surface area contributed by atoms with Gasteiger partial charge in [-0.3, -0.25) is 20.0 Å². The molecule has 2 aromatic rings. The number of rotatable bonds is 6. The molecule has 0 unspecified atom stereocenters. The zero-order chi connectivity index (χ0) is 15.5. The lowest BCUT2D eigenvalue weighted by molar-refractivity contribution is -0.386. The van der Waals surface area contributed by atoms with E-state index in [1.165, 1.54) is 18.2 Å². The van der Waals surface area contributed by atoms with Crippen molar-refractivity contribution < 1.29 is 9.31 Å². The molecular formula is C16H16FN3O2. The van der Waals surface area contributed by atoms with Crippen molar-refractivity contribution in [3.63, 3.8) is 0 Å². The zero-order valence-electron chi connectivity index (χ0n) is 12.0. The van der Waals surface area contributed by atoms with Crippen LogP contribution in [-0.2, 0) is 13.1 Å². The quantitative estimate of drug-likeness (QED) is 0.607. The maximum Gasteiger partial charge on any atom is 0.276 e. The first-order chi connectivity index (χ1) is 10.6. The largest absolute Gasteiger partial charge is 0.292 e. The zero-order valence-corrected chi connectivity index (χ0v) is 12.0. The Labute approximate surface area is 127 Å². The van der Waals surface area contributed by atoms with Crippen LogP contribution in [0.5, 0.6) is 0 Å². The van der Waals surface area contributed by atoms with Gasteiger partial charge in [-0.2, -0.15) is 0 Å². The molecule has 3 rings (SSSR count). The average molecular weight is 301 g/mol. The molecule has 0 spiro atoms. The topological polar surface area (TPSA) is 59.3 Å². The molecule has 1 heterocycles. The summed E-state index contributed by atoms with van der Waals surface area (Å²) in [5, 5.41) is 11.1. The third-order valence-electron chi connectivity index (χ3n) is 3.85. The van der Waals surface area contributed by atoms with Gasteiger partial charge in [-0.15, -0.1) is 0 Å². The van der Waals surface area contributed by atoms with Crippen LogP contribution in [0.3, 0.4) is 0 Å². The Morgan fingerprint density at radius 2 is 1.95 bits per heavy atom. The summed E-state index contributed by atoms with van der Waals surface area (Å²) in [7, 11) is 0. The predicted molar refractivity (Wildman–Crippen MR) is 79.6 cm³/mol. The molecule has 1 saturated carbocycles. The molecule has 0 amide bonds. The van der Waals surface area contributed by atoms with Crippen LogP contribution in [0.2, 0.25) is 0 Å². The van der Waals surface area contributed by atoms with Gasteiger partial charge in [0, 0.05) is 37.6 Å². The Morgan fingerprint density at radius 1 is 1.23 bits per heavy atom. The first-order valence-corrected chi connectivity index (χ1v) is 7.20. The van der Waals surface area contributed by atoms with Gasteiger partial charge in [0.2, 0.25) is 0 Å². The van der Waals surface area contributed by atoms with Crippen LogP contribution < -0.4 is 0 Å². The van der Waals surface area contributed by atoms with E-state index >= 15 is 0 Å².